The predicted octanol–water partition coefficient (Wildman–Crippen LogP) is 4.70. The zero-order chi connectivity index (χ0) is 26.0. The van der Waals surface area contributed by atoms with E-state index in [1.165, 1.54) is 11.1 Å². The van der Waals surface area contributed by atoms with Crippen LogP contribution in [0.5, 0.6) is 5.75 Å². The van der Waals surface area contributed by atoms with Crippen LogP contribution in [0.1, 0.15) is 53.6 Å². The minimum absolute atomic E-state index is 0.156. The standard InChI is InChI=1S/C31H37N3O3/c1-24(35)33-19-16-28(17-20-33)34(18-9-21-37-29-15-8-14-27(22-29)31(32)36)23-30(25-10-4-2-5-11-25)26-12-6-3-7-13-26/h2-8,10-15,22,28,30H,9,16-21,23H2,1H3,(H2,32,36). The van der Waals surface area contributed by atoms with Crippen LogP contribution in [-0.4, -0.2) is 60.4 Å². The van der Waals surface area contributed by atoms with Crippen molar-refractivity contribution < 1.29 is 14.3 Å². The Hall–Kier alpha value is -3.64. The molecule has 2 N–H and O–H groups in total. The highest BCUT2D eigenvalue weighted by Crippen LogP contribution is 2.28. The number of nitrogens with zero attached hydrogens (tertiary/aromatic N) is 2. The summed E-state index contributed by atoms with van der Waals surface area (Å²) < 4.78 is 5.97. The lowest BCUT2D eigenvalue weighted by Crippen LogP contribution is -2.47. The van der Waals surface area contributed by atoms with Crippen LogP contribution in [0.3, 0.4) is 0 Å². The molecular weight excluding hydrogens is 462 g/mol. The summed E-state index contributed by atoms with van der Waals surface area (Å²) in [5.41, 5.74) is 8.46. The molecule has 0 bridgehead atoms. The van der Waals surface area contributed by atoms with Gasteiger partial charge in [0.1, 0.15) is 5.75 Å². The molecule has 4 rings (SSSR count). The van der Waals surface area contributed by atoms with Gasteiger partial charge in [0.15, 0.2) is 0 Å². The van der Waals surface area contributed by atoms with Gasteiger partial charge in [0.2, 0.25) is 11.8 Å². The SMILES string of the molecule is CC(=O)N1CCC(N(CCCOc2cccc(C(N)=O)c2)CC(c2ccccc2)c2ccccc2)CC1. The molecule has 0 radical (unpaired) electrons. The first-order valence-electron chi connectivity index (χ1n) is 13.1. The summed E-state index contributed by atoms with van der Waals surface area (Å²) in [6.07, 6.45) is 2.79. The van der Waals surface area contributed by atoms with Crippen molar-refractivity contribution >= 4 is 11.8 Å². The van der Waals surface area contributed by atoms with Crippen molar-refractivity contribution in [3.05, 3.63) is 102 Å². The van der Waals surface area contributed by atoms with E-state index in [9.17, 15) is 9.59 Å². The highest BCUT2D eigenvalue weighted by molar-refractivity contribution is 5.93. The molecule has 0 aliphatic carbocycles. The molecule has 1 heterocycles. The molecule has 6 nitrogen and oxygen atoms in total. The molecule has 0 spiro atoms. The highest BCUT2D eigenvalue weighted by Gasteiger charge is 2.28. The van der Waals surface area contributed by atoms with Gasteiger partial charge >= 0.3 is 0 Å². The maximum atomic E-state index is 11.9. The van der Waals surface area contributed by atoms with Crippen LogP contribution in [0.15, 0.2) is 84.9 Å². The summed E-state index contributed by atoms with van der Waals surface area (Å²) in [5.74, 6) is 0.606. The second-order valence-electron chi connectivity index (χ2n) is 9.70. The first-order valence-corrected chi connectivity index (χ1v) is 13.1. The van der Waals surface area contributed by atoms with E-state index in [-0.39, 0.29) is 11.8 Å². The van der Waals surface area contributed by atoms with Crippen LogP contribution in [-0.2, 0) is 4.79 Å². The Morgan fingerprint density at radius 2 is 1.57 bits per heavy atom. The Morgan fingerprint density at radius 3 is 2.14 bits per heavy atom. The zero-order valence-electron chi connectivity index (χ0n) is 21.6. The van der Waals surface area contributed by atoms with Crippen molar-refractivity contribution in [3.63, 3.8) is 0 Å². The minimum atomic E-state index is -0.457. The topological polar surface area (TPSA) is 75.9 Å². The number of hydrogen-bond donors (Lipinski definition) is 1. The average Bonchev–Trinajstić information content (AvgIpc) is 2.94. The van der Waals surface area contributed by atoms with Crippen LogP contribution in [0.25, 0.3) is 0 Å². The molecule has 2 amide bonds. The predicted molar refractivity (Wildman–Crippen MR) is 147 cm³/mol. The number of benzene rings is 3. The molecule has 3 aromatic rings. The van der Waals surface area contributed by atoms with Gasteiger partial charge in [-0.2, -0.15) is 0 Å². The average molecular weight is 500 g/mol. The fourth-order valence-electron chi connectivity index (χ4n) is 5.17. The number of carbonyl (C=O) groups excluding carboxylic acids is 2. The minimum Gasteiger partial charge on any atom is -0.494 e. The van der Waals surface area contributed by atoms with Crippen molar-refractivity contribution in [2.75, 3.05) is 32.8 Å². The number of likely N-dealkylation sites (tertiary alicyclic amines) is 1. The molecule has 194 valence electrons. The Balaban J connectivity index is 1.47. The van der Waals surface area contributed by atoms with Crippen LogP contribution < -0.4 is 10.5 Å². The fraction of sp³-hybridized carbons (Fsp3) is 0.355. The molecular formula is C31H37N3O3. The van der Waals surface area contributed by atoms with E-state index >= 15 is 0 Å². The monoisotopic (exact) mass is 499 g/mol. The number of amides is 2. The Bertz CT molecular complexity index is 1110. The molecule has 1 aliphatic heterocycles. The molecule has 0 aromatic heterocycles. The summed E-state index contributed by atoms with van der Waals surface area (Å²) in [6, 6.07) is 28.8. The van der Waals surface area contributed by atoms with Crippen LogP contribution >= 0.6 is 0 Å². The first-order chi connectivity index (χ1) is 18.0. The Kier molecular flexibility index (Phi) is 9.33. The van der Waals surface area contributed by atoms with Crippen LogP contribution in [0.4, 0.5) is 0 Å². The molecule has 1 saturated heterocycles. The summed E-state index contributed by atoms with van der Waals surface area (Å²) in [5, 5.41) is 0. The van der Waals surface area contributed by atoms with Gasteiger partial charge in [0, 0.05) is 50.6 Å². The zero-order valence-corrected chi connectivity index (χ0v) is 21.6. The van der Waals surface area contributed by atoms with Gasteiger partial charge < -0.3 is 15.4 Å². The van der Waals surface area contributed by atoms with Gasteiger partial charge in [-0.1, -0.05) is 66.7 Å². The molecule has 6 heteroatoms. The number of rotatable bonds is 11. The van der Waals surface area contributed by atoms with E-state index in [0.29, 0.717) is 24.0 Å². The number of carbonyl (C=O) groups is 2. The lowest BCUT2D eigenvalue weighted by atomic mass is 9.89. The van der Waals surface area contributed by atoms with Crippen molar-refractivity contribution in [2.45, 2.75) is 38.1 Å². The number of hydrogen-bond acceptors (Lipinski definition) is 4. The van der Waals surface area contributed by atoms with Crippen LogP contribution in [0.2, 0.25) is 0 Å². The molecule has 3 aromatic carbocycles. The molecule has 1 aliphatic rings. The van der Waals surface area contributed by atoms with Gasteiger partial charge in [-0.25, -0.2) is 0 Å². The van der Waals surface area contributed by atoms with Gasteiger partial charge in [-0.15, -0.1) is 0 Å². The smallest absolute Gasteiger partial charge is 0.248 e. The quantitative estimate of drug-likeness (QED) is 0.388. The molecule has 37 heavy (non-hydrogen) atoms. The van der Waals surface area contributed by atoms with E-state index in [0.717, 1.165) is 45.4 Å². The summed E-state index contributed by atoms with van der Waals surface area (Å²) >= 11 is 0. The third-order valence-corrected chi connectivity index (χ3v) is 7.22. The largest absolute Gasteiger partial charge is 0.494 e. The first kappa shape index (κ1) is 26.4. The van der Waals surface area contributed by atoms with Crippen LogP contribution in [0, 0.1) is 0 Å². The van der Waals surface area contributed by atoms with Gasteiger partial charge in [-0.3, -0.25) is 14.5 Å². The van der Waals surface area contributed by atoms with Crippen molar-refractivity contribution in [1.82, 2.24) is 9.80 Å². The summed E-state index contributed by atoms with van der Waals surface area (Å²) in [4.78, 5) is 27.9. The lowest BCUT2D eigenvalue weighted by Gasteiger charge is -2.40. The molecule has 0 unspecified atom stereocenters. The van der Waals surface area contributed by atoms with E-state index in [4.69, 9.17) is 10.5 Å². The van der Waals surface area contributed by atoms with E-state index < -0.39 is 5.91 Å². The second-order valence-corrected chi connectivity index (χ2v) is 9.70. The third-order valence-electron chi connectivity index (χ3n) is 7.22. The van der Waals surface area contributed by atoms with E-state index in [1.807, 2.05) is 11.0 Å². The highest BCUT2D eigenvalue weighted by atomic mass is 16.5. The molecule has 0 saturated carbocycles. The van der Waals surface area contributed by atoms with E-state index in [2.05, 4.69) is 65.6 Å². The van der Waals surface area contributed by atoms with Gasteiger partial charge in [-0.05, 0) is 48.6 Å². The van der Waals surface area contributed by atoms with Gasteiger partial charge in [0.25, 0.3) is 0 Å². The summed E-state index contributed by atoms with van der Waals surface area (Å²) in [6.45, 7) is 5.59. The maximum absolute atomic E-state index is 11.9. The molecule has 0 atom stereocenters. The summed E-state index contributed by atoms with van der Waals surface area (Å²) in [7, 11) is 0. The second kappa shape index (κ2) is 13.1. The fourth-order valence-corrected chi connectivity index (χ4v) is 5.17. The Morgan fingerprint density at radius 1 is 0.946 bits per heavy atom. The number of nitrogens with two attached hydrogens (primary N) is 1. The normalized spacial score (nSPS) is 14.2. The number of ether oxygens (including phenoxy) is 1. The maximum Gasteiger partial charge on any atom is 0.248 e. The lowest BCUT2D eigenvalue weighted by molar-refractivity contribution is -0.130. The molecule has 1 fully saturated rings. The van der Waals surface area contributed by atoms with Crippen molar-refractivity contribution in [1.29, 1.82) is 0 Å². The van der Waals surface area contributed by atoms with Crippen molar-refractivity contribution in [2.24, 2.45) is 5.73 Å². The Labute approximate surface area is 220 Å². The van der Waals surface area contributed by atoms with Crippen molar-refractivity contribution in [3.8, 4) is 5.75 Å². The number of primary amides is 1. The number of piperidine rings is 1. The third kappa shape index (κ3) is 7.43. The van der Waals surface area contributed by atoms with E-state index in [1.54, 1.807) is 25.1 Å². The van der Waals surface area contributed by atoms with Gasteiger partial charge in [0.05, 0.1) is 6.61 Å².